The van der Waals surface area contributed by atoms with Crippen LogP contribution in [0.1, 0.15) is 42.5 Å². The van der Waals surface area contributed by atoms with Gasteiger partial charge in [0, 0.05) is 44.8 Å². The van der Waals surface area contributed by atoms with Gasteiger partial charge in [0.25, 0.3) is 0 Å². The number of ether oxygens (including phenoxy) is 1. The van der Waals surface area contributed by atoms with E-state index in [4.69, 9.17) is 10.5 Å². The van der Waals surface area contributed by atoms with Crippen molar-refractivity contribution in [3.63, 3.8) is 0 Å². The Kier molecular flexibility index (Phi) is 5.16. The molecule has 1 spiro atoms. The number of nitrogen functional groups attached to an aromatic ring is 1. The summed E-state index contributed by atoms with van der Waals surface area (Å²) in [4.78, 5) is 25.8. The second-order valence-corrected chi connectivity index (χ2v) is 8.68. The Labute approximate surface area is 177 Å². The second kappa shape index (κ2) is 7.96. The SMILES string of the molecule is Nc1ncc2c(n1)C1(CCN(C3CCC(=O)N(Cc4ccccc4)C3)CC1)OCC2. The molecular formula is C23H29N5O2. The first-order valence-corrected chi connectivity index (χ1v) is 10.9. The van der Waals surface area contributed by atoms with Gasteiger partial charge in [-0.05, 0) is 36.8 Å². The first-order valence-electron chi connectivity index (χ1n) is 10.9. The summed E-state index contributed by atoms with van der Waals surface area (Å²) in [5.74, 6) is 0.587. The lowest BCUT2D eigenvalue weighted by Crippen LogP contribution is -2.55. The van der Waals surface area contributed by atoms with E-state index in [2.05, 4.69) is 27.0 Å². The minimum atomic E-state index is -0.338. The van der Waals surface area contributed by atoms with Gasteiger partial charge < -0.3 is 15.4 Å². The lowest BCUT2D eigenvalue weighted by Gasteiger charge is -2.47. The van der Waals surface area contributed by atoms with Crippen molar-refractivity contribution in [3.8, 4) is 0 Å². The van der Waals surface area contributed by atoms with Crippen LogP contribution < -0.4 is 5.73 Å². The molecule has 0 saturated carbocycles. The Morgan fingerprint density at radius 3 is 2.77 bits per heavy atom. The number of fused-ring (bicyclic) bond motifs is 2. The molecule has 0 bridgehead atoms. The molecule has 1 aromatic heterocycles. The summed E-state index contributed by atoms with van der Waals surface area (Å²) in [6.07, 6.45) is 6.08. The van der Waals surface area contributed by atoms with Gasteiger partial charge in [-0.15, -0.1) is 0 Å². The number of carbonyl (C=O) groups is 1. The third-order valence-corrected chi connectivity index (χ3v) is 6.88. The minimum absolute atomic E-state index is 0.264. The highest BCUT2D eigenvalue weighted by molar-refractivity contribution is 5.77. The predicted molar refractivity (Wildman–Crippen MR) is 113 cm³/mol. The average molecular weight is 408 g/mol. The number of hydrogen-bond acceptors (Lipinski definition) is 6. The van der Waals surface area contributed by atoms with E-state index < -0.39 is 0 Å². The van der Waals surface area contributed by atoms with Gasteiger partial charge in [0.05, 0.1) is 12.3 Å². The molecule has 158 valence electrons. The van der Waals surface area contributed by atoms with Gasteiger partial charge in [-0.1, -0.05) is 30.3 Å². The van der Waals surface area contributed by atoms with E-state index in [0.717, 1.165) is 51.0 Å². The summed E-state index contributed by atoms with van der Waals surface area (Å²) in [7, 11) is 0. The number of anilines is 1. The van der Waals surface area contributed by atoms with Crippen LogP contribution in [0.5, 0.6) is 0 Å². The molecule has 0 radical (unpaired) electrons. The molecule has 3 aliphatic rings. The van der Waals surface area contributed by atoms with Gasteiger partial charge in [-0.3, -0.25) is 9.69 Å². The Balaban J connectivity index is 1.26. The van der Waals surface area contributed by atoms with Crippen LogP contribution in [-0.2, 0) is 28.1 Å². The number of benzene rings is 1. The maximum atomic E-state index is 12.5. The van der Waals surface area contributed by atoms with E-state index in [1.165, 1.54) is 11.1 Å². The summed E-state index contributed by atoms with van der Waals surface area (Å²) in [5, 5.41) is 0. The molecule has 1 aromatic carbocycles. The number of nitrogens with zero attached hydrogens (tertiary/aromatic N) is 4. The monoisotopic (exact) mass is 407 g/mol. The highest BCUT2D eigenvalue weighted by Crippen LogP contribution is 2.41. The molecule has 2 saturated heterocycles. The van der Waals surface area contributed by atoms with E-state index in [-0.39, 0.29) is 11.5 Å². The van der Waals surface area contributed by atoms with Crippen LogP contribution in [0, 0.1) is 0 Å². The number of nitrogens with two attached hydrogens (primary N) is 1. The first-order chi connectivity index (χ1) is 14.6. The fraction of sp³-hybridized carbons (Fsp3) is 0.522. The van der Waals surface area contributed by atoms with Crippen LogP contribution in [0.3, 0.4) is 0 Å². The molecule has 3 aliphatic heterocycles. The van der Waals surface area contributed by atoms with Crippen LogP contribution in [0.15, 0.2) is 36.5 Å². The van der Waals surface area contributed by atoms with E-state index in [1.807, 2.05) is 29.3 Å². The Hall–Kier alpha value is -2.51. The maximum Gasteiger partial charge on any atom is 0.222 e. The van der Waals surface area contributed by atoms with Crippen LogP contribution in [0.2, 0.25) is 0 Å². The zero-order valence-electron chi connectivity index (χ0n) is 17.3. The standard InChI is InChI=1S/C23H29N5O2/c24-22-25-14-18-8-13-30-23(21(18)26-22)9-11-27(12-10-23)19-6-7-20(29)28(16-19)15-17-4-2-1-3-5-17/h1-5,14,19H,6-13,15-16H2,(H2,24,25,26). The van der Waals surface area contributed by atoms with Crippen molar-refractivity contribution >= 4 is 11.9 Å². The number of hydrogen-bond donors (Lipinski definition) is 1. The molecule has 1 atom stereocenters. The summed E-state index contributed by atoms with van der Waals surface area (Å²) in [5.41, 5.74) is 8.89. The van der Waals surface area contributed by atoms with Gasteiger partial charge >= 0.3 is 0 Å². The number of piperidine rings is 2. The van der Waals surface area contributed by atoms with Crippen LogP contribution in [-0.4, -0.2) is 58.0 Å². The molecule has 4 heterocycles. The molecular weight excluding hydrogens is 378 g/mol. The maximum absolute atomic E-state index is 12.5. The van der Waals surface area contributed by atoms with Crippen molar-refractivity contribution in [2.24, 2.45) is 0 Å². The zero-order chi connectivity index (χ0) is 20.6. The Bertz CT molecular complexity index is 911. The molecule has 2 fully saturated rings. The number of amides is 1. The molecule has 7 nitrogen and oxygen atoms in total. The van der Waals surface area contributed by atoms with E-state index in [0.29, 0.717) is 31.6 Å². The predicted octanol–water partition coefficient (Wildman–Crippen LogP) is 2.11. The smallest absolute Gasteiger partial charge is 0.222 e. The van der Waals surface area contributed by atoms with Crippen LogP contribution in [0.4, 0.5) is 5.95 Å². The van der Waals surface area contributed by atoms with Gasteiger partial charge in [0.15, 0.2) is 0 Å². The lowest BCUT2D eigenvalue weighted by atomic mass is 9.82. The van der Waals surface area contributed by atoms with Crippen molar-refractivity contribution in [1.29, 1.82) is 0 Å². The van der Waals surface area contributed by atoms with Gasteiger partial charge in [0.2, 0.25) is 11.9 Å². The van der Waals surface area contributed by atoms with Crippen molar-refractivity contribution in [2.75, 3.05) is 32.0 Å². The third kappa shape index (κ3) is 3.68. The van der Waals surface area contributed by atoms with Crippen LogP contribution >= 0.6 is 0 Å². The quantitative estimate of drug-likeness (QED) is 0.839. The number of likely N-dealkylation sites (tertiary alicyclic amines) is 2. The molecule has 5 rings (SSSR count). The van der Waals surface area contributed by atoms with E-state index in [1.54, 1.807) is 0 Å². The lowest BCUT2D eigenvalue weighted by molar-refractivity contribution is -0.138. The van der Waals surface area contributed by atoms with Gasteiger partial charge in [0.1, 0.15) is 5.60 Å². The Morgan fingerprint density at radius 1 is 1.17 bits per heavy atom. The summed E-state index contributed by atoms with van der Waals surface area (Å²) in [6.45, 7) is 4.10. The number of carbonyl (C=O) groups excluding carboxylic acids is 1. The largest absolute Gasteiger partial charge is 0.368 e. The van der Waals surface area contributed by atoms with Crippen molar-refractivity contribution in [2.45, 2.75) is 50.3 Å². The van der Waals surface area contributed by atoms with Crippen LogP contribution in [0.25, 0.3) is 0 Å². The molecule has 1 unspecified atom stereocenters. The normalized spacial score (nSPS) is 24.1. The third-order valence-electron chi connectivity index (χ3n) is 6.88. The molecule has 0 aliphatic carbocycles. The van der Waals surface area contributed by atoms with Crippen molar-refractivity contribution in [1.82, 2.24) is 19.8 Å². The Morgan fingerprint density at radius 2 is 1.97 bits per heavy atom. The second-order valence-electron chi connectivity index (χ2n) is 8.68. The van der Waals surface area contributed by atoms with Gasteiger partial charge in [-0.2, -0.15) is 0 Å². The molecule has 30 heavy (non-hydrogen) atoms. The zero-order valence-corrected chi connectivity index (χ0v) is 17.3. The van der Waals surface area contributed by atoms with E-state index >= 15 is 0 Å². The summed E-state index contributed by atoms with van der Waals surface area (Å²) < 4.78 is 6.30. The van der Waals surface area contributed by atoms with Gasteiger partial charge in [-0.25, -0.2) is 9.97 Å². The number of aromatic nitrogens is 2. The molecule has 7 heteroatoms. The average Bonchev–Trinajstić information content (AvgIpc) is 2.77. The fourth-order valence-electron chi connectivity index (χ4n) is 5.20. The first kappa shape index (κ1) is 19.5. The number of rotatable bonds is 3. The fourth-order valence-corrected chi connectivity index (χ4v) is 5.20. The highest BCUT2D eigenvalue weighted by atomic mass is 16.5. The summed E-state index contributed by atoms with van der Waals surface area (Å²) in [6, 6.07) is 10.7. The van der Waals surface area contributed by atoms with Crippen molar-refractivity contribution in [3.05, 3.63) is 53.3 Å². The van der Waals surface area contributed by atoms with E-state index in [9.17, 15) is 4.79 Å². The molecule has 2 aromatic rings. The highest BCUT2D eigenvalue weighted by Gasteiger charge is 2.44. The topological polar surface area (TPSA) is 84.6 Å². The molecule has 2 N–H and O–H groups in total. The summed E-state index contributed by atoms with van der Waals surface area (Å²) >= 11 is 0. The van der Waals surface area contributed by atoms with Crippen molar-refractivity contribution < 1.29 is 9.53 Å². The minimum Gasteiger partial charge on any atom is -0.368 e. The molecule has 1 amide bonds.